The molecule has 0 radical (unpaired) electrons. The molecule has 0 amide bonds. The second-order valence-corrected chi connectivity index (χ2v) is 3.50. The Kier molecular flexibility index (Phi) is 1.89. The van der Waals surface area contributed by atoms with E-state index in [0.717, 1.165) is 12.1 Å². The van der Waals surface area contributed by atoms with E-state index in [2.05, 4.69) is 22.7 Å². The molecule has 1 unspecified atom stereocenters. The Morgan fingerprint density at radius 2 is 2.58 bits per heavy atom. The maximum Gasteiger partial charge on any atom is 0.109 e. The SMILES string of the molecule is CC1CCCc2nc(CN)cn21. The second-order valence-electron chi connectivity index (χ2n) is 3.50. The van der Waals surface area contributed by atoms with Crippen LogP contribution in [0.15, 0.2) is 6.20 Å². The molecule has 1 aromatic rings. The third kappa shape index (κ3) is 1.14. The Morgan fingerprint density at radius 3 is 3.25 bits per heavy atom. The molecule has 0 aliphatic carbocycles. The minimum atomic E-state index is 0.562. The summed E-state index contributed by atoms with van der Waals surface area (Å²) in [6.45, 7) is 2.80. The Morgan fingerprint density at radius 1 is 1.75 bits per heavy atom. The molecular weight excluding hydrogens is 150 g/mol. The van der Waals surface area contributed by atoms with Gasteiger partial charge in [-0.05, 0) is 19.8 Å². The molecule has 1 atom stereocenters. The molecule has 2 heterocycles. The number of fused-ring (bicyclic) bond motifs is 1. The summed E-state index contributed by atoms with van der Waals surface area (Å²) < 4.78 is 2.27. The van der Waals surface area contributed by atoms with Crippen molar-refractivity contribution >= 4 is 0 Å². The highest BCUT2D eigenvalue weighted by Crippen LogP contribution is 2.23. The molecule has 2 rings (SSSR count). The van der Waals surface area contributed by atoms with Crippen LogP contribution in [-0.4, -0.2) is 9.55 Å². The normalized spacial score (nSPS) is 22.3. The minimum Gasteiger partial charge on any atom is -0.332 e. The molecule has 0 aromatic carbocycles. The Labute approximate surface area is 72.6 Å². The van der Waals surface area contributed by atoms with Gasteiger partial charge in [0, 0.05) is 25.2 Å². The summed E-state index contributed by atoms with van der Waals surface area (Å²) >= 11 is 0. The van der Waals surface area contributed by atoms with E-state index in [1.165, 1.54) is 18.7 Å². The fourth-order valence-electron chi connectivity index (χ4n) is 1.85. The average molecular weight is 165 g/mol. The van der Waals surface area contributed by atoms with Crippen LogP contribution in [0.25, 0.3) is 0 Å². The molecule has 0 fully saturated rings. The molecule has 12 heavy (non-hydrogen) atoms. The lowest BCUT2D eigenvalue weighted by Crippen LogP contribution is -2.14. The zero-order valence-electron chi connectivity index (χ0n) is 7.45. The number of aryl methyl sites for hydroxylation is 1. The summed E-state index contributed by atoms with van der Waals surface area (Å²) in [6.07, 6.45) is 5.75. The lowest BCUT2D eigenvalue weighted by Gasteiger charge is -2.20. The van der Waals surface area contributed by atoms with Crippen LogP contribution in [0.2, 0.25) is 0 Å². The lowest BCUT2D eigenvalue weighted by molar-refractivity contribution is 0.425. The average Bonchev–Trinajstić information content (AvgIpc) is 2.49. The van der Waals surface area contributed by atoms with Crippen molar-refractivity contribution in [3.8, 4) is 0 Å². The first-order chi connectivity index (χ1) is 5.81. The van der Waals surface area contributed by atoms with Gasteiger partial charge in [-0.1, -0.05) is 0 Å². The summed E-state index contributed by atoms with van der Waals surface area (Å²) in [5.74, 6) is 1.22. The third-order valence-electron chi connectivity index (χ3n) is 2.57. The first-order valence-corrected chi connectivity index (χ1v) is 4.58. The van der Waals surface area contributed by atoms with Crippen molar-refractivity contribution in [1.82, 2.24) is 9.55 Å². The van der Waals surface area contributed by atoms with Gasteiger partial charge in [-0.25, -0.2) is 4.98 Å². The highest BCUT2D eigenvalue weighted by molar-refractivity contribution is 5.07. The number of imidazole rings is 1. The van der Waals surface area contributed by atoms with E-state index in [9.17, 15) is 0 Å². The van der Waals surface area contributed by atoms with Gasteiger partial charge in [-0.3, -0.25) is 0 Å². The molecule has 0 saturated heterocycles. The highest BCUT2D eigenvalue weighted by Gasteiger charge is 2.16. The molecule has 1 aromatic heterocycles. The predicted molar refractivity (Wildman–Crippen MR) is 47.8 cm³/mol. The van der Waals surface area contributed by atoms with Crippen molar-refractivity contribution in [3.63, 3.8) is 0 Å². The number of aromatic nitrogens is 2. The zero-order valence-corrected chi connectivity index (χ0v) is 7.45. The van der Waals surface area contributed by atoms with Gasteiger partial charge in [0.15, 0.2) is 0 Å². The Balaban J connectivity index is 2.37. The number of nitrogens with zero attached hydrogens (tertiary/aromatic N) is 2. The standard InChI is InChI=1S/C9H15N3/c1-7-3-2-4-9-11-8(5-10)6-12(7)9/h6-7H,2-5,10H2,1H3. The maximum atomic E-state index is 5.53. The molecule has 0 bridgehead atoms. The van der Waals surface area contributed by atoms with Gasteiger partial charge in [0.25, 0.3) is 0 Å². The molecule has 0 saturated carbocycles. The first kappa shape index (κ1) is 7.80. The summed E-state index contributed by atoms with van der Waals surface area (Å²) in [6, 6.07) is 0.613. The molecule has 1 aliphatic heterocycles. The van der Waals surface area contributed by atoms with Gasteiger partial charge in [-0.2, -0.15) is 0 Å². The van der Waals surface area contributed by atoms with Gasteiger partial charge < -0.3 is 10.3 Å². The second kappa shape index (κ2) is 2.90. The van der Waals surface area contributed by atoms with Crippen molar-refractivity contribution < 1.29 is 0 Å². The maximum absolute atomic E-state index is 5.53. The topological polar surface area (TPSA) is 43.8 Å². The summed E-state index contributed by atoms with van der Waals surface area (Å²) in [7, 11) is 0. The van der Waals surface area contributed by atoms with Crippen LogP contribution in [0.5, 0.6) is 0 Å². The van der Waals surface area contributed by atoms with Gasteiger partial charge in [0.1, 0.15) is 5.82 Å². The minimum absolute atomic E-state index is 0.562. The number of rotatable bonds is 1. The van der Waals surface area contributed by atoms with Crippen LogP contribution in [0.4, 0.5) is 0 Å². The predicted octanol–water partition coefficient (Wildman–Crippen LogP) is 1.24. The summed E-state index contributed by atoms with van der Waals surface area (Å²) in [5, 5.41) is 0. The van der Waals surface area contributed by atoms with Crippen LogP contribution in [0, 0.1) is 0 Å². The van der Waals surface area contributed by atoms with E-state index >= 15 is 0 Å². The van der Waals surface area contributed by atoms with E-state index in [0.29, 0.717) is 12.6 Å². The van der Waals surface area contributed by atoms with Crippen LogP contribution >= 0.6 is 0 Å². The molecule has 3 nitrogen and oxygen atoms in total. The van der Waals surface area contributed by atoms with Crippen molar-refractivity contribution in [3.05, 3.63) is 17.7 Å². The van der Waals surface area contributed by atoms with Gasteiger partial charge in [0.2, 0.25) is 0 Å². The van der Waals surface area contributed by atoms with Crippen molar-refractivity contribution in [2.45, 2.75) is 38.8 Å². The quantitative estimate of drug-likeness (QED) is 0.680. The van der Waals surface area contributed by atoms with E-state index < -0.39 is 0 Å². The molecule has 3 heteroatoms. The summed E-state index contributed by atoms with van der Waals surface area (Å²) in [4.78, 5) is 4.46. The van der Waals surface area contributed by atoms with Crippen LogP contribution in [-0.2, 0) is 13.0 Å². The van der Waals surface area contributed by atoms with E-state index in [1.807, 2.05) is 0 Å². The fourth-order valence-corrected chi connectivity index (χ4v) is 1.85. The van der Waals surface area contributed by atoms with Crippen LogP contribution in [0.3, 0.4) is 0 Å². The van der Waals surface area contributed by atoms with Crippen molar-refractivity contribution in [2.75, 3.05) is 0 Å². The Hall–Kier alpha value is -0.830. The lowest BCUT2D eigenvalue weighted by atomic mass is 10.1. The van der Waals surface area contributed by atoms with E-state index in [-0.39, 0.29) is 0 Å². The Bertz CT molecular complexity index is 277. The smallest absolute Gasteiger partial charge is 0.109 e. The molecule has 2 N–H and O–H groups in total. The van der Waals surface area contributed by atoms with E-state index in [4.69, 9.17) is 5.73 Å². The molecular formula is C9H15N3. The van der Waals surface area contributed by atoms with Crippen LogP contribution < -0.4 is 5.73 Å². The molecule has 1 aliphatic rings. The highest BCUT2D eigenvalue weighted by atomic mass is 15.1. The van der Waals surface area contributed by atoms with Gasteiger partial charge in [0.05, 0.1) is 5.69 Å². The molecule has 0 spiro atoms. The number of hydrogen-bond donors (Lipinski definition) is 1. The first-order valence-electron chi connectivity index (χ1n) is 4.58. The van der Waals surface area contributed by atoms with Crippen molar-refractivity contribution in [2.24, 2.45) is 5.73 Å². The zero-order chi connectivity index (χ0) is 8.55. The van der Waals surface area contributed by atoms with E-state index in [1.54, 1.807) is 0 Å². The monoisotopic (exact) mass is 165 g/mol. The van der Waals surface area contributed by atoms with Gasteiger partial charge in [-0.15, -0.1) is 0 Å². The third-order valence-corrected chi connectivity index (χ3v) is 2.57. The molecule has 66 valence electrons. The van der Waals surface area contributed by atoms with Gasteiger partial charge >= 0.3 is 0 Å². The number of hydrogen-bond acceptors (Lipinski definition) is 2. The number of nitrogens with two attached hydrogens (primary N) is 1. The fraction of sp³-hybridized carbons (Fsp3) is 0.667. The van der Waals surface area contributed by atoms with Crippen molar-refractivity contribution in [1.29, 1.82) is 0 Å². The largest absolute Gasteiger partial charge is 0.332 e. The van der Waals surface area contributed by atoms with Crippen LogP contribution in [0.1, 0.15) is 37.3 Å². The summed E-state index contributed by atoms with van der Waals surface area (Å²) in [5.41, 5.74) is 6.56.